The molecule has 0 heterocycles. The van der Waals surface area contributed by atoms with E-state index >= 15 is 0 Å². The molecular formula is C16H13ClN4O4S. The normalized spacial score (nSPS) is 9.92. The second-order valence-corrected chi connectivity index (χ2v) is 5.92. The molecule has 26 heavy (non-hydrogen) atoms. The number of nitro groups is 1. The molecular weight excluding hydrogens is 380 g/mol. The Kier molecular flexibility index (Phi) is 6.21. The summed E-state index contributed by atoms with van der Waals surface area (Å²) in [5.74, 6) is -1.12. The van der Waals surface area contributed by atoms with E-state index in [0.717, 1.165) is 11.6 Å². The zero-order chi connectivity index (χ0) is 19.3. The maximum absolute atomic E-state index is 12.1. The topological polar surface area (TPSA) is 113 Å². The summed E-state index contributed by atoms with van der Waals surface area (Å²) in [6, 6.07) is 10.5. The van der Waals surface area contributed by atoms with Gasteiger partial charge in [0.1, 0.15) is 5.02 Å². The number of nitrogens with zero attached hydrogens (tertiary/aromatic N) is 1. The van der Waals surface area contributed by atoms with Gasteiger partial charge in [-0.25, -0.2) is 0 Å². The van der Waals surface area contributed by atoms with Crippen LogP contribution in [0.3, 0.4) is 0 Å². The average Bonchev–Trinajstić information content (AvgIpc) is 2.60. The summed E-state index contributed by atoms with van der Waals surface area (Å²) in [7, 11) is 0. The number of amides is 2. The number of thiocarbonyl (C=S) groups is 1. The van der Waals surface area contributed by atoms with Crippen molar-refractivity contribution in [1.82, 2.24) is 16.2 Å². The third-order valence-electron chi connectivity index (χ3n) is 3.31. The molecule has 0 aliphatic heterocycles. The van der Waals surface area contributed by atoms with Crippen molar-refractivity contribution >= 4 is 46.4 Å². The zero-order valence-electron chi connectivity index (χ0n) is 13.4. The van der Waals surface area contributed by atoms with Crippen LogP contribution in [0.15, 0.2) is 42.5 Å². The molecule has 2 rings (SSSR count). The van der Waals surface area contributed by atoms with Crippen molar-refractivity contribution in [2.75, 3.05) is 0 Å². The van der Waals surface area contributed by atoms with Crippen LogP contribution in [-0.2, 0) is 0 Å². The molecule has 0 radical (unpaired) electrons. The standard InChI is InChI=1S/C16H13ClN4O4S/c1-9-4-2-3-5-11(9)15(23)18-16(26)20-19-14(22)10-6-7-12(17)13(8-10)21(24)25/h2-8H,1H3,(H,19,22)(H2,18,20,23,26). The summed E-state index contributed by atoms with van der Waals surface area (Å²) < 4.78 is 0. The number of nitro benzene ring substituents is 1. The van der Waals surface area contributed by atoms with Crippen molar-refractivity contribution in [3.8, 4) is 0 Å². The maximum Gasteiger partial charge on any atom is 0.288 e. The van der Waals surface area contributed by atoms with Gasteiger partial charge in [0.15, 0.2) is 5.11 Å². The number of carbonyl (C=O) groups is 2. The Balaban J connectivity index is 1.96. The van der Waals surface area contributed by atoms with Crippen LogP contribution >= 0.6 is 23.8 Å². The first-order valence-corrected chi connectivity index (χ1v) is 7.99. The number of hydrogen-bond acceptors (Lipinski definition) is 5. The van der Waals surface area contributed by atoms with E-state index in [1.165, 1.54) is 12.1 Å². The van der Waals surface area contributed by atoms with E-state index in [1.807, 2.05) is 0 Å². The molecule has 2 aromatic rings. The highest BCUT2D eigenvalue weighted by molar-refractivity contribution is 7.80. The lowest BCUT2D eigenvalue weighted by Gasteiger charge is -2.11. The minimum absolute atomic E-state index is 0.00151. The van der Waals surface area contributed by atoms with Crippen molar-refractivity contribution in [3.63, 3.8) is 0 Å². The molecule has 2 amide bonds. The van der Waals surface area contributed by atoms with Crippen LogP contribution in [0.5, 0.6) is 0 Å². The van der Waals surface area contributed by atoms with Crippen LogP contribution in [0.2, 0.25) is 5.02 Å². The van der Waals surface area contributed by atoms with Crippen molar-refractivity contribution < 1.29 is 14.5 Å². The van der Waals surface area contributed by atoms with E-state index in [9.17, 15) is 19.7 Å². The number of carbonyl (C=O) groups excluding carboxylic acids is 2. The number of aryl methyl sites for hydroxylation is 1. The molecule has 0 atom stereocenters. The lowest BCUT2D eigenvalue weighted by atomic mass is 10.1. The fraction of sp³-hybridized carbons (Fsp3) is 0.0625. The molecule has 0 aromatic heterocycles. The summed E-state index contributed by atoms with van der Waals surface area (Å²) in [6.07, 6.45) is 0. The summed E-state index contributed by atoms with van der Waals surface area (Å²) in [6.45, 7) is 1.78. The largest absolute Gasteiger partial charge is 0.298 e. The lowest BCUT2D eigenvalue weighted by molar-refractivity contribution is -0.384. The van der Waals surface area contributed by atoms with Gasteiger partial charge in [0, 0.05) is 17.2 Å². The summed E-state index contributed by atoms with van der Waals surface area (Å²) in [4.78, 5) is 34.3. The Bertz CT molecular complexity index is 904. The molecule has 0 unspecified atom stereocenters. The van der Waals surface area contributed by atoms with Crippen LogP contribution in [0.25, 0.3) is 0 Å². The van der Waals surface area contributed by atoms with Gasteiger partial charge in [-0.05, 0) is 42.9 Å². The molecule has 10 heteroatoms. The molecule has 0 saturated carbocycles. The van der Waals surface area contributed by atoms with Gasteiger partial charge in [0.2, 0.25) is 0 Å². The monoisotopic (exact) mass is 392 g/mol. The van der Waals surface area contributed by atoms with Crippen LogP contribution in [0, 0.1) is 17.0 Å². The number of benzene rings is 2. The summed E-state index contributed by atoms with van der Waals surface area (Å²) in [5.41, 5.74) is 5.42. The van der Waals surface area contributed by atoms with Gasteiger partial charge in [-0.3, -0.25) is 35.9 Å². The molecule has 0 saturated heterocycles. The molecule has 0 aliphatic carbocycles. The minimum Gasteiger partial charge on any atom is -0.298 e. The van der Waals surface area contributed by atoms with Crippen LogP contribution in [0.4, 0.5) is 5.69 Å². The molecule has 8 nitrogen and oxygen atoms in total. The quantitative estimate of drug-likeness (QED) is 0.420. The van der Waals surface area contributed by atoms with Crippen molar-refractivity contribution in [2.24, 2.45) is 0 Å². The van der Waals surface area contributed by atoms with Gasteiger partial charge in [-0.15, -0.1) is 0 Å². The van der Waals surface area contributed by atoms with Crippen molar-refractivity contribution in [2.45, 2.75) is 6.92 Å². The Morgan fingerprint density at radius 2 is 1.81 bits per heavy atom. The van der Waals surface area contributed by atoms with E-state index in [-0.39, 0.29) is 15.7 Å². The molecule has 0 spiro atoms. The van der Waals surface area contributed by atoms with Gasteiger partial charge in [-0.1, -0.05) is 29.8 Å². The first kappa shape index (κ1) is 19.3. The Labute approximate surface area is 158 Å². The third kappa shape index (κ3) is 4.74. The molecule has 3 N–H and O–H groups in total. The summed E-state index contributed by atoms with van der Waals surface area (Å²) >= 11 is 10.6. The van der Waals surface area contributed by atoms with Crippen LogP contribution < -0.4 is 16.2 Å². The second-order valence-electron chi connectivity index (χ2n) is 5.10. The first-order chi connectivity index (χ1) is 12.3. The Hall–Kier alpha value is -3.04. The number of hydrazine groups is 1. The molecule has 0 bridgehead atoms. The minimum atomic E-state index is -0.695. The highest BCUT2D eigenvalue weighted by Gasteiger charge is 2.16. The fourth-order valence-corrected chi connectivity index (χ4v) is 2.34. The smallest absolute Gasteiger partial charge is 0.288 e. The maximum atomic E-state index is 12.1. The molecule has 134 valence electrons. The van der Waals surface area contributed by atoms with Gasteiger partial charge >= 0.3 is 0 Å². The predicted octanol–water partition coefficient (Wildman–Crippen LogP) is 2.51. The highest BCUT2D eigenvalue weighted by atomic mass is 35.5. The van der Waals surface area contributed by atoms with Gasteiger partial charge < -0.3 is 0 Å². The predicted molar refractivity (Wildman–Crippen MR) is 100.0 cm³/mol. The van der Waals surface area contributed by atoms with E-state index in [0.29, 0.717) is 5.56 Å². The number of hydrogen-bond donors (Lipinski definition) is 3. The van der Waals surface area contributed by atoms with E-state index in [4.69, 9.17) is 23.8 Å². The average molecular weight is 393 g/mol. The van der Waals surface area contributed by atoms with Gasteiger partial charge in [0.25, 0.3) is 17.5 Å². The SMILES string of the molecule is Cc1ccccc1C(=O)NC(=S)NNC(=O)c1ccc(Cl)c([N+](=O)[O-])c1. The van der Waals surface area contributed by atoms with Crippen LogP contribution in [0.1, 0.15) is 26.3 Å². The lowest BCUT2D eigenvalue weighted by Crippen LogP contribution is -2.48. The molecule has 2 aromatic carbocycles. The fourth-order valence-electron chi connectivity index (χ4n) is 2.01. The number of nitrogens with one attached hydrogen (secondary N) is 3. The highest BCUT2D eigenvalue weighted by Crippen LogP contribution is 2.24. The summed E-state index contributed by atoms with van der Waals surface area (Å²) in [5, 5.41) is 13.1. The molecule has 0 fully saturated rings. The van der Waals surface area contributed by atoms with Gasteiger partial charge in [-0.2, -0.15) is 0 Å². The van der Waals surface area contributed by atoms with E-state index in [2.05, 4.69) is 16.2 Å². The van der Waals surface area contributed by atoms with E-state index in [1.54, 1.807) is 31.2 Å². The number of rotatable bonds is 3. The van der Waals surface area contributed by atoms with E-state index < -0.39 is 22.4 Å². The Morgan fingerprint density at radius 3 is 2.46 bits per heavy atom. The van der Waals surface area contributed by atoms with Crippen molar-refractivity contribution in [3.05, 3.63) is 74.3 Å². The second kappa shape index (κ2) is 8.37. The molecule has 0 aliphatic rings. The van der Waals surface area contributed by atoms with Crippen LogP contribution in [-0.4, -0.2) is 21.9 Å². The van der Waals surface area contributed by atoms with Crippen molar-refractivity contribution in [1.29, 1.82) is 0 Å². The van der Waals surface area contributed by atoms with Gasteiger partial charge in [0.05, 0.1) is 4.92 Å². The number of halogens is 1. The third-order valence-corrected chi connectivity index (χ3v) is 3.84. The Morgan fingerprint density at radius 1 is 1.12 bits per heavy atom. The zero-order valence-corrected chi connectivity index (χ0v) is 15.0. The first-order valence-electron chi connectivity index (χ1n) is 7.21.